The number of fused-ring (bicyclic) bond motifs is 6. The minimum absolute atomic E-state index is 0.00113. The van der Waals surface area contributed by atoms with Gasteiger partial charge in [0.15, 0.2) is 11.3 Å². The third-order valence-electron chi connectivity index (χ3n) is 28.3. The van der Waals surface area contributed by atoms with Crippen LogP contribution in [0.25, 0.3) is 27.6 Å². The molecule has 11 aliphatic rings. The molecule has 644 valence electrons. The normalized spacial score (nSPS) is 31.0. The van der Waals surface area contributed by atoms with Crippen LogP contribution in [0.3, 0.4) is 0 Å². The summed E-state index contributed by atoms with van der Waals surface area (Å²) in [5.41, 5.74) is -0.154. The summed E-state index contributed by atoms with van der Waals surface area (Å²) >= 11 is 0. The zero-order valence-electron chi connectivity index (χ0n) is 67.5. The number of imide groups is 2. The minimum atomic E-state index is -4.80. The Morgan fingerprint density at radius 1 is 0.770 bits per heavy atom. The Morgan fingerprint density at radius 2 is 1.53 bits per heavy atom. The van der Waals surface area contributed by atoms with E-state index < -0.39 is 131 Å². The van der Waals surface area contributed by atoms with Crippen LogP contribution in [-0.2, 0) is 41.9 Å². The van der Waals surface area contributed by atoms with Crippen LogP contribution in [-0.4, -0.2) is 223 Å². The fourth-order valence-corrected chi connectivity index (χ4v) is 22.2. The van der Waals surface area contributed by atoms with Gasteiger partial charge < -0.3 is 34.8 Å². The molecule has 14 heterocycles. The van der Waals surface area contributed by atoms with Crippen LogP contribution in [0.15, 0.2) is 108 Å². The second-order valence-electron chi connectivity index (χ2n) is 35.6. The van der Waals surface area contributed by atoms with Crippen LogP contribution < -0.4 is 31.9 Å². The molecule has 2 bridgehead atoms. The number of anilines is 3. The van der Waals surface area contributed by atoms with Gasteiger partial charge in [0.1, 0.15) is 58.5 Å². The van der Waals surface area contributed by atoms with E-state index in [-0.39, 0.29) is 115 Å². The van der Waals surface area contributed by atoms with Crippen LogP contribution in [0.4, 0.5) is 52.9 Å². The number of morpholine rings is 1. The van der Waals surface area contributed by atoms with Gasteiger partial charge in [-0.25, -0.2) is 46.6 Å². The number of para-hydroxylation sites is 1. The molecule has 7 aromatic heterocycles. The lowest BCUT2D eigenvalue weighted by Gasteiger charge is -2.52. The predicted molar refractivity (Wildman–Crippen MR) is 428 cm³/mol. The van der Waals surface area contributed by atoms with Gasteiger partial charge in [-0.05, 0) is 168 Å². The number of alkyl halides is 7. The van der Waals surface area contributed by atoms with Gasteiger partial charge in [0.05, 0.1) is 72.1 Å². The number of imidazole rings is 1. The maximum absolute atomic E-state index is 19.3. The molecular formula is C85H95F7N20O10. The quantitative estimate of drug-likeness (QED) is 0.0407. The van der Waals surface area contributed by atoms with Crippen molar-refractivity contribution >= 4 is 86.4 Å². The van der Waals surface area contributed by atoms with Gasteiger partial charge in [0, 0.05) is 113 Å². The molecule has 7 aliphatic heterocycles. The molecule has 8 aromatic rings. The number of ether oxygens (including phenoxy) is 2. The van der Waals surface area contributed by atoms with E-state index in [1.165, 1.54) is 43.3 Å². The second kappa shape index (κ2) is 31.8. The standard InChI is InChI=1S/C85H95F7N20O10/c1-84(25-6-10-62-75(84)104(3)83(120)112(62)64-19-21-70(114)100-81(64)118)56-22-26-105(40-57(56)86)37-46-14-17-50(109-38-48-31-67(93-35-59(48)101-109)97-79(116)58-8-5-11-66(95-58)85(90,91)92)33-54(46)74-71(87)65(122-42-45-29-47(30-45)53-7-4-9-61-73(53)103(2)82(119)111(61)63-18-20-69(113)99-80(63)117)23-27-106(74)36-44-12-15-49(16-13-44)110-41-60(72(102-110)76(88)89)96-78(115)55-34-94-108-28-24-68(98-77(55)108)107-39-52-32-51(107)43-121-52/h4-11,24-25,28,31,34-35,38,41,44-47,49-52,54,56-57,63-65,71,74-76H,12-23,26-27,29-30,32-33,36-37,39-40,42-43H2,1-3H3,(H,96,115)(H,97,116)(H,99,113,117)(H,100,114,118)/t44-,45-,46-,47-,49-,50+,51+,52+,54?,56-,57-,63?,64?,65-,71+,74?,75?,84?/m0/s1. The number of nitrogens with one attached hydrogen (secondary N) is 4. The molecule has 37 heteroatoms. The van der Waals surface area contributed by atoms with Gasteiger partial charge in [-0.2, -0.15) is 28.5 Å². The van der Waals surface area contributed by atoms with Gasteiger partial charge in [-0.3, -0.25) is 67.7 Å². The van der Waals surface area contributed by atoms with Crippen molar-refractivity contribution in [3.8, 4) is 0 Å². The Bertz CT molecular complexity index is 5610. The van der Waals surface area contributed by atoms with E-state index in [0.29, 0.717) is 143 Å². The average Bonchev–Trinajstić information content (AvgIpc) is 1.55. The van der Waals surface area contributed by atoms with Crippen LogP contribution >= 0.6 is 0 Å². The highest BCUT2D eigenvalue weighted by Gasteiger charge is 2.58. The number of benzene rings is 1. The van der Waals surface area contributed by atoms with E-state index in [9.17, 15) is 51.5 Å². The highest BCUT2D eigenvalue weighted by molar-refractivity contribution is 6.09. The third-order valence-corrected chi connectivity index (χ3v) is 28.3. The smallest absolute Gasteiger partial charge is 0.375 e. The molecule has 1 aromatic carbocycles. The van der Waals surface area contributed by atoms with Crippen molar-refractivity contribution < 1.29 is 73.8 Å². The first-order chi connectivity index (χ1) is 58.7. The lowest BCUT2D eigenvalue weighted by molar-refractivity contribution is -0.141. The van der Waals surface area contributed by atoms with Gasteiger partial charge in [-0.15, -0.1) is 0 Å². The van der Waals surface area contributed by atoms with E-state index in [1.807, 2.05) is 54.2 Å². The molecule has 3 saturated carbocycles. The average molecular weight is 1690 g/mol. The van der Waals surface area contributed by atoms with Crippen LogP contribution in [0.1, 0.15) is 178 Å². The highest BCUT2D eigenvalue weighted by Crippen LogP contribution is 2.53. The van der Waals surface area contributed by atoms with E-state index in [1.54, 1.807) is 41.9 Å². The van der Waals surface area contributed by atoms with Crippen molar-refractivity contribution in [3.63, 3.8) is 0 Å². The number of aryl methyl sites for hydroxylation is 1. The molecule has 14 atom stereocenters. The number of urea groups is 1. The van der Waals surface area contributed by atoms with Gasteiger partial charge in [0.2, 0.25) is 23.6 Å². The minimum Gasteiger partial charge on any atom is -0.375 e. The molecule has 0 spiro atoms. The van der Waals surface area contributed by atoms with Gasteiger partial charge >= 0.3 is 17.9 Å². The Morgan fingerprint density at radius 3 is 2.27 bits per heavy atom. The highest BCUT2D eigenvalue weighted by atomic mass is 19.4. The Kier molecular flexibility index (Phi) is 21.1. The molecule has 10 fully saturated rings. The van der Waals surface area contributed by atoms with Crippen LogP contribution in [0.2, 0.25) is 0 Å². The van der Waals surface area contributed by atoms with Crippen molar-refractivity contribution in [2.24, 2.45) is 42.1 Å². The van der Waals surface area contributed by atoms with Crippen molar-refractivity contribution in [1.29, 1.82) is 0 Å². The lowest BCUT2D eigenvalue weighted by Crippen LogP contribution is -2.61. The Labute approximate surface area is 694 Å². The Hall–Kier alpha value is -10.8. The lowest BCUT2D eigenvalue weighted by atomic mass is 9.64. The number of allylic oxidation sites excluding steroid dienone is 2. The van der Waals surface area contributed by atoms with E-state index >= 15 is 17.6 Å². The number of piperidine rings is 4. The fraction of sp³-hybridized carbons (Fsp3) is 0.553. The van der Waals surface area contributed by atoms with Crippen molar-refractivity contribution in [3.05, 3.63) is 142 Å². The number of halogens is 7. The number of carbonyl (C=O) groups is 7. The molecule has 7 saturated heterocycles. The van der Waals surface area contributed by atoms with Crippen molar-refractivity contribution in [1.82, 2.24) is 83.5 Å². The number of pyridine rings is 2. The monoisotopic (exact) mass is 1690 g/mol. The third kappa shape index (κ3) is 14.8. The number of carbonyl (C=O) groups excluding carboxylic acids is 7. The van der Waals surface area contributed by atoms with Gasteiger partial charge in [-0.1, -0.05) is 37.3 Å². The number of likely N-dealkylation sites (tertiary alicyclic amines) is 2. The summed E-state index contributed by atoms with van der Waals surface area (Å²) < 4.78 is 129. The molecule has 30 nitrogen and oxygen atoms in total. The largest absolute Gasteiger partial charge is 0.433 e. The number of hydrogen-bond donors (Lipinski definition) is 4. The predicted octanol–water partition coefficient (Wildman–Crippen LogP) is 10.2. The molecule has 0 radical (unpaired) electrons. The molecule has 6 unspecified atom stereocenters. The molecule has 122 heavy (non-hydrogen) atoms. The van der Waals surface area contributed by atoms with E-state index in [0.717, 1.165) is 24.1 Å². The first kappa shape index (κ1) is 80.9. The van der Waals surface area contributed by atoms with Crippen molar-refractivity contribution in [2.75, 3.05) is 75.1 Å². The first-order valence-electron chi connectivity index (χ1n) is 42.5. The second-order valence-corrected chi connectivity index (χ2v) is 35.6. The molecule has 4 aliphatic carbocycles. The molecule has 8 amide bonds. The summed E-state index contributed by atoms with van der Waals surface area (Å²) in [6.45, 7) is 5.22. The maximum atomic E-state index is 19.3. The number of likely N-dealkylation sites (N-methyl/N-ethyl adjacent to an activating group) is 1. The molecular weight excluding hydrogens is 1590 g/mol. The fourth-order valence-electron chi connectivity index (χ4n) is 22.2. The summed E-state index contributed by atoms with van der Waals surface area (Å²) in [6, 6.07) is 7.95. The summed E-state index contributed by atoms with van der Waals surface area (Å²) in [6.07, 6.45) is 9.01. The van der Waals surface area contributed by atoms with Crippen molar-refractivity contribution in [2.45, 2.75) is 195 Å². The number of nitrogens with zero attached hydrogens (tertiary/aromatic N) is 16. The number of rotatable bonds is 20. The molecule has 4 N–H and O–H groups in total. The molecule has 19 rings (SSSR count). The number of amides is 8. The summed E-state index contributed by atoms with van der Waals surface area (Å²) in [7, 11) is 3.34. The summed E-state index contributed by atoms with van der Waals surface area (Å²) in [5, 5.41) is 24.4. The zero-order valence-corrected chi connectivity index (χ0v) is 67.5. The van der Waals surface area contributed by atoms with E-state index in [2.05, 4.69) is 56.1 Å². The number of aromatic nitrogens is 11. The first-order valence-corrected chi connectivity index (χ1v) is 42.5. The summed E-state index contributed by atoms with van der Waals surface area (Å²) in [4.78, 5) is 129. The maximum Gasteiger partial charge on any atom is 0.433 e. The van der Waals surface area contributed by atoms with Crippen LogP contribution in [0.5, 0.6) is 0 Å². The number of hydrogen-bond acceptors (Lipinski definition) is 19. The summed E-state index contributed by atoms with van der Waals surface area (Å²) in [5.74, 6) is -4.05. The topological polar surface area (TPSA) is 321 Å². The SMILES string of the molecule is CN1C(=O)N(C2CCC(=O)NC2=O)C2=CC=CC(C)([C@H]3CCN(C[C@@H]4CC[C@@H](n5cc6cc(NC(=O)c7cccc(C(F)(F)F)n7)ncc6n5)CC4C4[C@H](F)[C@@H](OC[C@H]5C[C@H](c6cccc7c6n(C)c(=O)n7C6CCC(=O)NC6=O)C5)CCN4C[C@H]4CC[C@H](n5cc(NC(=O)c6cnn7ccc(N8C[C@H]9C[C@@H]8CO9)nc67)c(C(F)F)n5)CC4)C[C@@H]3F)C21. The Balaban J connectivity index is 0.598. The van der Waals surface area contributed by atoms with E-state index in [4.69, 9.17) is 19.6 Å². The zero-order chi connectivity index (χ0) is 84.6. The van der Waals surface area contributed by atoms with Crippen LogP contribution in [0, 0.1) is 35.0 Å². The van der Waals surface area contributed by atoms with Gasteiger partial charge in [0.25, 0.3) is 18.2 Å².